The highest BCUT2D eigenvalue weighted by molar-refractivity contribution is 7.99. The summed E-state index contributed by atoms with van der Waals surface area (Å²) in [4.78, 5) is 34.0. The van der Waals surface area contributed by atoms with Gasteiger partial charge in [-0.3, -0.25) is 14.2 Å². The predicted octanol–water partition coefficient (Wildman–Crippen LogP) is 6.88. The molecular formula is C29H30N2O2S2. The predicted molar refractivity (Wildman–Crippen MR) is 146 cm³/mol. The first-order valence-corrected chi connectivity index (χ1v) is 13.9. The Morgan fingerprint density at radius 2 is 1.83 bits per heavy atom. The van der Waals surface area contributed by atoms with Crippen LogP contribution in [-0.2, 0) is 12.8 Å². The highest BCUT2D eigenvalue weighted by atomic mass is 32.2. The minimum Gasteiger partial charge on any atom is -0.293 e. The third-order valence-corrected chi connectivity index (χ3v) is 9.15. The summed E-state index contributed by atoms with van der Waals surface area (Å²) in [6, 6.07) is 17.2. The van der Waals surface area contributed by atoms with E-state index in [0.717, 1.165) is 40.7 Å². The van der Waals surface area contributed by atoms with Crippen molar-refractivity contribution in [2.75, 3.05) is 5.75 Å². The topological polar surface area (TPSA) is 52.0 Å². The molecule has 1 aliphatic rings. The molecule has 6 heteroatoms. The van der Waals surface area contributed by atoms with Gasteiger partial charge in [-0.1, -0.05) is 81.1 Å². The summed E-state index contributed by atoms with van der Waals surface area (Å²) >= 11 is 3.01. The van der Waals surface area contributed by atoms with Gasteiger partial charge in [-0.25, -0.2) is 4.98 Å². The van der Waals surface area contributed by atoms with Gasteiger partial charge in [-0.15, -0.1) is 11.3 Å². The second kappa shape index (κ2) is 9.40. The first-order valence-electron chi connectivity index (χ1n) is 12.1. The molecule has 1 aliphatic carbocycles. The number of aryl methyl sites for hydroxylation is 2. The number of thioether (sulfide) groups is 1. The standard InChI is InChI=1S/C29H30N2O2S2/c1-18-10-8-9-13-22(18)31-27(33)25-21-15-14-20(29(2,3)4)16-24(21)35-26(25)30-28(31)34-17-23(32)19-11-6-5-7-12-19/h5-13,20H,14-17H2,1-4H3/t20-/m1/s1. The van der Waals surface area contributed by atoms with Gasteiger partial charge in [0.25, 0.3) is 5.56 Å². The highest BCUT2D eigenvalue weighted by Gasteiger charge is 2.32. The zero-order valence-corrected chi connectivity index (χ0v) is 22.3. The van der Waals surface area contributed by atoms with Crippen molar-refractivity contribution in [2.24, 2.45) is 11.3 Å². The number of aromatic nitrogens is 2. The highest BCUT2D eigenvalue weighted by Crippen LogP contribution is 2.42. The van der Waals surface area contributed by atoms with Crippen molar-refractivity contribution in [2.45, 2.75) is 52.1 Å². The van der Waals surface area contributed by atoms with Crippen LogP contribution in [0.3, 0.4) is 0 Å². The van der Waals surface area contributed by atoms with E-state index in [9.17, 15) is 9.59 Å². The second-order valence-corrected chi connectivity index (χ2v) is 12.4. The Morgan fingerprint density at radius 3 is 2.54 bits per heavy atom. The summed E-state index contributed by atoms with van der Waals surface area (Å²) in [5, 5.41) is 1.34. The largest absolute Gasteiger partial charge is 0.293 e. The molecule has 2 heterocycles. The maximum Gasteiger partial charge on any atom is 0.267 e. The van der Waals surface area contributed by atoms with Gasteiger partial charge in [0.15, 0.2) is 10.9 Å². The minimum absolute atomic E-state index is 0.0225. The molecule has 2 aromatic carbocycles. The van der Waals surface area contributed by atoms with Crippen LogP contribution in [0.25, 0.3) is 15.9 Å². The maximum atomic E-state index is 14.1. The van der Waals surface area contributed by atoms with Crippen LogP contribution in [0.15, 0.2) is 64.5 Å². The molecule has 4 aromatic rings. The molecule has 1 atom stereocenters. The first kappa shape index (κ1) is 24.0. The van der Waals surface area contributed by atoms with E-state index in [4.69, 9.17) is 4.98 Å². The van der Waals surface area contributed by atoms with E-state index in [1.54, 1.807) is 15.9 Å². The third-order valence-electron chi connectivity index (χ3n) is 7.06. The Kier molecular flexibility index (Phi) is 6.45. The lowest BCUT2D eigenvalue weighted by Crippen LogP contribution is -2.27. The second-order valence-electron chi connectivity index (χ2n) is 10.4. The number of ketones is 1. The van der Waals surface area contributed by atoms with Gasteiger partial charge in [0.2, 0.25) is 0 Å². The molecule has 0 unspecified atom stereocenters. The maximum absolute atomic E-state index is 14.1. The number of fused-ring (bicyclic) bond motifs is 3. The van der Waals surface area contributed by atoms with Crippen LogP contribution in [0.5, 0.6) is 0 Å². The number of hydrogen-bond donors (Lipinski definition) is 0. The van der Waals surface area contributed by atoms with Crippen molar-refractivity contribution >= 4 is 39.1 Å². The molecule has 0 spiro atoms. The number of para-hydroxylation sites is 1. The van der Waals surface area contributed by atoms with Gasteiger partial charge in [-0.05, 0) is 54.7 Å². The van der Waals surface area contributed by atoms with E-state index in [2.05, 4.69) is 20.8 Å². The van der Waals surface area contributed by atoms with Crippen LogP contribution in [0.4, 0.5) is 0 Å². The number of carbonyl (C=O) groups is 1. The van der Waals surface area contributed by atoms with Crippen LogP contribution < -0.4 is 5.56 Å². The number of nitrogens with zero attached hydrogens (tertiary/aromatic N) is 2. The van der Waals surface area contributed by atoms with Gasteiger partial charge in [-0.2, -0.15) is 0 Å². The van der Waals surface area contributed by atoms with Gasteiger partial charge in [0.05, 0.1) is 16.8 Å². The summed E-state index contributed by atoms with van der Waals surface area (Å²) in [5.74, 6) is 0.851. The van der Waals surface area contributed by atoms with Crippen LogP contribution in [0.1, 0.15) is 53.6 Å². The summed E-state index contributed by atoms with van der Waals surface area (Å²) in [7, 11) is 0. The van der Waals surface area contributed by atoms with Crippen LogP contribution in [0, 0.1) is 18.3 Å². The Balaban J connectivity index is 1.62. The van der Waals surface area contributed by atoms with E-state index < -0.39 is 0 Å². The summed E-state index contributed by atoms with van der Waals surface area (Å²) in [6.45, 7) is 8.92. The number of hydrogen-bond acceptors (Lipinski definition) is 5. The van der Waals surface area contributed by atoms with Crippen LogP contribution in [-0.4, -0.2) is 21.1 Å². The van der Waals surface area contributed by atoms with Gasteiger partial charge >= 0.3 is 0 Å². The number of thiophene rings is 1. The van der Waals surface area contributed by atoms with Gasteiger partial charge in [0.1, 0.15) is 4.83 Å². The fraction of sp³-hybridized carbons (Fsp3) is 0.345. The molecule has 0 aliphatic heterocycles. The van der Waals surface area contributed by atoms with Crippen molar-refractivity contribution in [1.29, 1.82) is 0 Å². The normalized spacial score (nSPS) is 15.8. The van der Waals surface area contributed by atoms with E-state index in [1.165, 1.54) is 22.2 Å². The molecule has 4 nitrogen and oxygen atoms in total. The molecule has 2 aromatic heterocycles. The summed E-state index contributed by atoms with van der Waals surface area (Å²) in [6.07, 6.45) is 3.01. The molecule has 0 radical (unpaired) electrons. The smallest absolute Gasteiger partial charge is 0.267 e. The molecule has 0 bridgehead atoms. The minimum atomic E-state index is -0.0225. The number of carbonyl (C=O) groups excluding carboxylic acids is 1. The molecule has 5 rings (SSSR count). The molecule has 0 fully saturated rings. The number of rotatable bonds is 5. The average molecular weight is 503 g/mol. The van der Waals surface area contributed by atoms with Gasteiger partial charge in [0, 0.05) is 10.4 Å². The molecular weight excluding hydrogens is 472 g/mol. The number of Topliss-reactive ketones (excluding diaryl/α,β-unsaturated/α-hetero) is 1. The fourth-order valence-corrected chi connectivity index (χ4v) is 7.15. The van der Waals surface area contributed by atoms with E-state index >= 15 is 0 Å². The van der Waals surface area contributed by atoms with Crippen molar-refractivity contribution in [3.8, 4) is 5.69 Å². The fourth-order valence-electron chi connectivity index (χ4n) is 4.91. The van der Waals surface area contributed by atoms with E-state index in [-0.39, 0.29) is 22.5 Å². The monoisotopic (exact) mass is 502 g/mol. The van der Waals surface area contributed by atoms with Crippen molar-refractivity contribution in [3.63, 3.8) is 0 Å². The Hall–Kier alpha value is -2.70. The Bertz CT molecular complexity index is 1460. The van der Waals surface area contributed by atoms with Crippen LogP contribution in [0.2, 0.25) is 0 Å². The molecule has 35 heavy (non-hydrogen) atoms. The lowest BCUT2D eigenvalue weighted by molar-refractivity contribution is 0.102. The first-order chi connectivity index (χ1) is 16.7. The molecule has 0 saturated heterocycles. The molecule has 0 saturated carbocycles. The zero-order valence-electron chi connectivity index (χ0n) is 20.6. The number of benzene rings is 2. The summed E-state index contributed by atoms with van der Waals surface area (Å²) < 4.78 is 1.73. The van der Waals surface area contributed by atoms with Crippen LogP contribution >= 0.6 is 23.1 Å². The third kappa shape index (κ3) is 4.62. The van der Waals surface area contributed by atoms with E-state index in [0.29, 0.717) is 16.6 Å². The SMILES string of the molecule is Cc1ccccc1-n1c(SCC(=O)c2ccccc2)nc2sc3c(c2c1=O)CC[C@@H](C(C)(C)C)C3. The molecule has 180 valence electrons. The van der Waals surface area contributed by atoms with Crippen molar-refractivity contribution in [3.05, 3.63) is 86.5 Å². The molecule has 0 amide bonds. The lowest BCUT2D eigenvalue weighted by Gasteiger charge is -2.33. The average Bonchev–Trinajstić information content (AvgIpc) is 3.21. The Labute approximate surface area is 214 Å². The summed E-state index contributed by atoms with van der Waals surface area (Å²) in [5.41, 5.74) is 3.90. The Morgan fingerprint density at radius 1 is 1.11 bits per heavy atom. The van der Waals surface area contributed by atoms with Crippen molar-refractivity contribution in [1.82, 2.24) is 9.55 Å². The lowest BCUT2D eigenvalue weighted by atomic mass is 9.72. The van der Waals surface area contributed by atoms with Crippen molar-refractivity contribution < 1.29 is 4.79 Å². The quantitative estimate of drug-likeness (QED) is 0.170. The van der Waals surface area contributed by atoms with E-state index in [1.807, 2.05) is 61.5 Å². The molecule has 0 N–H and O–H groups in total. The van der Waals surface area contributed by atoms with Gasteiger partial charge < -0.3 is 0 Å². The zero-order chi connectivity index (χ0) is 24.7.